The Bertz CT molecular complexity index is 451. The summed E-state index contributed by atoms with van der Waals surface area (Å²) in [7, 11) is 1.68. The molecule has 2 rings (SSSR count). The molecule has 1 aromatic rings. The SMILES string of the molecule is COC1CCC(NC(=O)c2ccc(F)c(N)c2)C1. The lowest BCUT2D eigenvalue weighted by Gasteiger charge is -2.13. The second-order valence-electron chi connectivity index (χ2n) is 4.58. The Balaban J connectivity index is 1.97. The molecule has 4 nitrogen and oxygen atoms in total. The Morgan fingerprint density at radius 2 is 2.28 bits per heavy atom. The first-order valence-corrected chi connectivity index (χ1v) is 5.99. The summed E-state index contributed by atoms with van der Waals surface area (Å²) in [5.41, 5.74) is 5.81. The van der Waals surface area contributed by atoms with Gasteiger partial charge in [0.25, 0.3) is 5.91 Å². The zero-order valence-electron chi connectivity index (χ0n) is 10.3. The molecule has 2 atom stereocenters. The molecule has 0 spiro atoms. The lowest BCUT2D eigenvalue weighted by molar-refractivity contribution is 0.0915. The molecule has 0 aliphatic heterocycles. The number of amides is 1. The number of carbonyl (C=O) groups is 1. The van der Waals surface area contributed by atoms with Gasteiger partial charge >= 0.3 is 0 Å². The summed E-state index contributed by atoms with van der Waals surface area (Å²) in [5, 5.41) is 2.91. The van der Waals surface area contributed by atoms with Crippen LogP contribution < -0.4 is 11.1 Å². The van der Waals surface area contributed by atoms with Gasteiger partial charge in [-0.05, 0) is 37.5 Å². The zero-order valence-corrected chi connectivity index (χ0v) is 10.3. The third-order valence-corrected chi connectivity index (χ3v) is 3.31. The number of nitrogens with two attached hydrogens (primary N) is 1. The van der Waals surface area contributed by atoms with Crippen LogP contribution in [0.2, 0.25) is 0 Å². The maximum atomic E-state index is 13.0. The topological polar surface area (TPSA) is 64.3 Å². The van der Waals surface area contributed by atoms with Gasteiger partial charge in [-0.2, -0.15) is 0 Å². The Morgan fingerprint density at radius 3 is 2.89 bits per heavy atom. The highest BCUT2D eigenvalue weighted by atomic mass is 19.1. The van der Waals surface area contributed by atoms with E-state index in [0.29, 0.717) is 5.56 Å². The third kappa shape index (κ3) is 2.79. The normalized spacial score (nSPS) is 23.0. The summed E-state index contributed by atoms with van der Waals surface area (Å²) in [5.74, 6) is -0.727. The highest BCUT2D eigenvalue weighted by Crippen LogP contribution is 2.22. The molecule has 98 valence electrons. The number of carbonyl (C=O) groups excluding carboxylic acids is 1. The lowest BCUT2D eigenvalue weighted by atomic mass is 10.1. The molecule has 0 aromatic heterocycles. The monoisotopic (exact) mass is 252 g/mol. The van der Waals surface area contributed by atoms with E-state index in [1.807, 2.05) is 0 Å². The van der Waals surface area contributed by atoms with Crippen molar-refractivity contribution in [3.8, 4) is 0 Å². The minimum absolute atomic E-state index is 0.0103. The van der Waals surface area contributed by atoms with Crippen molar-refractivity contribution in [2.45, 2.75) is 31.4 Å². The summed E-state index contributed by atoms with van der Waals surface area (Å²) >= 11 is 0. The maximum Gasteiger partial charge on any atom is 0.251 e. The minimum Gasteiger partial charge on any atom is -0.396 e. The minimum atomic E-state index is -0.508. The number of rotatable bonds is 3. The number of halogens is 1. The molecule has 3 N–H and O–H groups in total. The van der Waals surface area contributed by atoms with E-state index in [-0.39, 0.29) is 23.7 Å². The standard InChI is InChI=1S/C13H17FN2O2/c1-18-10-4-3-9(7-10)16-13(17)8-2-5-11(14)12(15)6-8/h2,5-6,9-10H,3-4,7,15H2,1H3,(H,16,17). The molecule has 1 fully saturated rings. The van der Waals surface area contributed by atoms with Crippen molar-refractivity contribution in [3.05, 3.63) is 29.6 Å². The van der Waals surface area contributed by atoms with E-state index in [4.69, 9.17) is 10.5 Å². The number of methoxy groups -OCH3 is 1. The van der Waals surface area contributed by atoms with Crippen molar-refractivity contribution in [1.29, 1.82) is 0 Å². The predicted molar refractivity (Wildman–Crippen MR) is 66.7 cm³/mol. The number of anilines is 1. The van der Waals surface area contributed by atoms with Gasteiger partial charge in [0.05, 0.1) is 11.8 Å². The number of hydrogen-bond donors (Lipinski definition) is 2. The summed E-state index contributed by atoms with van der Waals surface area (Å²) in [4.78, 5) is 11.9. The fourth-order valence-corrected chi connectivity index (χ4v) is 2.24. The second-order valence-corrected chi connectivity index (χ2v) is 4.58. The van der Waals surface area contributed by atoms with Gasteiger partial charge in [-0.25, -0.2) is 4.39 Å². The highest BCUT2D eigenvalue weighted by Gasteiger charge is 2.25. The van der Waals surface area contributed by atoms with Crippen LogP contribution >= 0.6 is 0 Å². The predicted octanol–water partition coefficient (Wildman–Crippen LogP) is 1.71. The third-order valence-electron chi connectivity index (χ3n) is 3.31. The first-order chi connectivity index (χ1) is 8.60. The van der Waals surface area contributed by atoms with E-state index in [9.17, 15) is 9.18 Å². The number of nitrogens with one attached hydrogen (secondary N) is 1. The Labute approximate surface area is 105 Å². The van der Waals surface area contributed by atoms with E-state index in [1.165, 1.54) is 18.2 Å². The molecular weight excluding hydrogens is 235 g/mol. The van der Waals surface area contributed by atoms with Crippen molar-refractivity contribution in [3.63, 3.8) is 0 Å². The number of benzene rings is 1. The molecule has 1 aliphatic rings. The average Bonchev–Trinajstić information content (AvgIpc) is 2.80. The molecule has 1 amide bonds. The Morgan fingerprint density at radius 1 is 1.50 bits per heavy atom. The Hall–Kier alpha value is -1.62. The van der Waals surface area contributed by atoms with Gasteiger partial charge in [-0.15, -0.1) is 0 Å². The summed E-state index contributed by atoms with van der Waals surface area (Å²) in [6.07, 6.45) is 2.89. The molecule has 0 radical (unpaired) electrons. The highest BCUT2D eigenvalue weighted by molar-refractivity contribution is 5.95. The smallest absolute Gasteiger partial charge is 0.251 e. The van der Waals surface area contributed by atoms with E-state index in [0.717, 1.165) is 19.3 Å². The van der Waals surface area contributed by atoms with Crippen LogP contribution in [0.1, 0.15) is 29.6 Å². The van der Waals surface area contributed by atoms with E-state index >= 15 is 0 Å². The van der Waals surface area contributed by atoms with Gasteiger partial charge < -0.3 is 15.8 Å². The van der Waals surface area contributed by atoms with Crippen LogP contribution in [0.4, 0.5) is 10.1 Å². The van der Waals surface area contributed by atoms with Crippen LogP contribution in [-0.4, -0.2) is 25.2 Å². The number of ether oxygens (including phenoxy) is 1. The summed E-state index contributed by atoms with van der Waals surface area (Å²) < 4.78 is 18.2. The Kier molecular flexibility index (Phi) is 3.81. The van der Waals surface area contributed by atoms with Crippen molar-refractivity contribution in [2.24, 2.45) is 0 Å². The van der Waals surface area contributed by atoms with E-state index in [1.54, 1.807) is 7.11 Å². The summed E-state index contributed by atoms with van der Waals surface area (Å²) in [6, 6.07) is 4.11. The zero-order chi connectivity index (χ0) is 13.1. The molecule has 0 heterocycles. The van der Waals surface area contributed by atoms with Crippen molar-refractivity contribution < 1.29 is 13.9 Å². The van der Waals surface area contributed by atoms with Gasteiger partial charge in [0.15, 0.2) is 0 Å². The van der Waals surface area contributed by atoms with Gasteiger partial charge in [-0.3, -0.25) is 4.79 Å². The fourth-order valence-electron chi connectivity index (χ4n) is 2.24. The van der Waals surface area contributed by atoms with E-state index < -0.39 is 5.82 Å². The average molecular weight is 252 g/mol. The van der Waals surface area contributed by atoms with E-state index in [2.05, 4.69) is 5.32 Å². The number of hydrogen-bond acceptors (Lipinski definition) is 3. The van der Waals surface area contributed by atoms with Crippen molar-refractivity contribution >= 4 is 11.6 Å². The molecule has 1 aromatic carbocycles. The van der Waals surface area contributed by atoms with Crippen LogP contribution in [0.15, 0.2) is 18.2 Å². The fraction of sp³-hybridized carbons (Fsp3) is 0.462. The van der Waals surface area contributed by atoms with Crippen molar-refractivity contribution in [2.75, 3.05) is 12.8 Å². The van der Waals surface area contributed by atoms with Gasteiger partial charge in [0, 0.05) is 18.7 Å². The quantitative estimate of drug-likeness (QED) is 0.805. The molecule has 5 heteroatoms. The number of nitrogen functional groups attached to an aromatic ring is 1. The first-order valence-electron chi connectivity index (χ1n) is 5.99. The van der Waals surface area contributed by atoms with Crippen LogP contribution in [0.3, 0.4) is 0 Å². The molecule has 2 unspecified atom stereocenters. The molecule has 0 bridgehead atoms. The van der Waals surface area contributed by atoms with Gasteiger partial charge in [-0.1, -0.05) is 0 Å². The van der Waals surface area contributed by atoms with Crippen molar-refractivity contribution in [1.82, 2.24) is 5.32 Å². The molecular formula is C13H17FN2O2. The molecule has 18 heavy (non-hydrogen) atoms. The second kappa shape index (κ2) is 5.35. The van der Waals surface area contributed by atoms with Crippen LogP contribution in [0.25, 0.3) is 0 Å². The van der Waals surface area contributed by atoms with Crippen LogP contribution in [-0.2, 0) is 4.74 Å². The molecule has 1 aliphatic carbocycles. The molecule has 1 saturated carbocycles. The summed E-state index contributed by atoms with van der Waals surface area (Å²) in [6.45, 7) is 0. The largest absolute Gasteiger partial charge is 0.396 e. The molecule has 0 saturated heterocycles. The van der Waals surface area contributed by atoms with Crippen LogP contribution in [0.5, 0.6) is 0 Å². The maximum absolute atomic E-state index is 13.0. The first kappa shape index (κ1) is 12.8. The van der Waals surface area contributed by atoms with Gasteiger partial charge in [0.2, 0.25) is 0 Å². The van der Waals surface area contributed by atoms with Crippen LogP contribution in [0, 0.1) is 5.82 Å². The van der Waals surface area contributed by atoms with Gasteiger partial charge in [0.1, 0.15) is 5.82 Å². The lowest BCUT2D eigenvalue weighted by Crippen LogP contribution is -2.33.